The number of aryl methyl sites for hydroxylation is 2. The van der Waals surface area contributed by atoms with Gasteiger partial charge < -0.3 is 5.32 Å². The minimum Gasteiger partial charge on any atom is -0.353 e. The number of rotatable bonds is 4. The van der Waals surface area contributed by atoms with Gasteiger partial charge in [0.1, 0.15) is 0 Å². The van der Waals surface area contributed by atoms with Gasteiger partial charge in [-0.3, -0.25) is 9.48 Å². The fourth-order valence-corrected chi connectivity index (χ4v) is 3.51. The Hall–Kier alpha value is -1.32. The lowest BCUT2D eigenvalue weighted by atomic mass is 9.69. The van der Waals surface area contributed by atoms with Crippen molar-refractivity contribution < 1.29 is 4.79 Å². The summed E-state index contributed by atoms with van der Waals surface area (Å²) < 4.78 is 1.84. The zero-order valence-corrected chi connectivity index (χ0v) is 13.9. The van der Waals surface area contributed by atoms with Crippen LogP contribution in [-0.4, -0.2) is 21.7 Å². The van der Waals surface area contributed by atoms with E-state index < -0.39 is 0 Å². The van der Waals surface area contributed by atoms with Crippen LogP contribution in [0.25, 0.3) is 0 Å². The molecule has 0 saturated heterocycles. The maximum absolute atomic E-state index is 12.2. The van der Waals surface area contributed by atoms with Crippen molar-refractivity contribution in [2.75, 3.05) is 0 Å². The molecule has 1 N–H and O–H groups in total. The van der Waals surface area contributed by atoms with E-state index in [0.717, 1.165) is 18.5 Å². The molecule has 2 rings (SSSR count). The molecule has 4 heteroatoms. The van der Waals surface area contributed by atoms with Gasteiger partial charge in [0.15, 0.2) is 0 Å². The van der Waals surface area contributed by atoms with Gasteiger partial charge in [-0.25, -0.2) is 0 Å². The van der Waals surface area contributed by atoms with Crippen molar-refractivity contribution in [2.45, 2.75) is 65.3 Å². The minimum absolute atomic E-state index is 0.178. The molecule has 0 spiro atoms. The highest BCUT2D eigenvalue weighted by molar-refractivity contribution is 5.76. The van der Waals surface area contributed by atoms with Gasteiger partial charge in [-0.15, -0.1) is 0 Å². The van der Waals surface area contributed by atoms with Crippen molar-refractivity contribution in [3.63, 3.8) is 0 Å². The monoisotopic (exact) mass is 291 g/mol. The van der Waals surface area contributed by atoms with Crippen molar-refractivity contribution >= 4 is 5.91 Å². The number of hydrogen-bond acceptors (Lipinski definition) is 2. The molecule has 0 aliphatic heterocycles. The average molecular weight is 291 g/mol. The van der Waals surface area contributed by atoms with E-state index in [-0.39, 0.29) is 11.3 Å². The lowest BCUT2D eigenvalue weighted by molar-refractivity contribution is -0.122. The van der Waals surface area contributed by atoms with E-state index in [1.54, 1.807) is 6.20 Å². The van der Waals surface area contributed by atoms with Crippen LogP contribution >= 0.6 is 0 Å². The normalized spacial score (nSPS) is 23.0. The lowest BCUT2D eigenvalue weighted by Gasteiger charge is -2.40. The van der Waals surface area contributed by atoms with Crippen LogP contribution in [-0.2, 0) is 18.3 Å². The molecule has 0 unspecified atom stereocenters. The van der Waals surface area contributed by atoms with Gasteiger partial charge in [0.2, 0.25) is 5.91 Å². The second-order valence-electron chi connectivity index (χ2n) is 7.38. The highest BCUT2D eigenvalue weighted by Crippen LogP contribution is 2.37. The molecule has 1 aliphatic carbocycles. The summed E-state index contributed by atoms with van der Waals surface area (Å²) in [6.45, 7) is 6.87. The van der Waals surface area contributed by atoms with Crippen molar-refractivity contribution in [1.82, 2.24) is 15.1 Å². The van der Waals surface area contributed by atoms with Gasteiger partial charge in [-0.1, -0.05) is 33.6 Å². The molecule has 0 aromatic carbocycles. The lowest BCUT2D eigenvalue weighted by Crippen LogP contribution is -2.46. The molecule has 2 atom stereocenters. The second-order valence-corrected chi connectivity index (χ2v) is 7.38. The summed E-state index contributed by atoms with van der Waals surface area (Å²) in [5.74, 6) is 0.768. The molecule has 118 valence electrons. The molecular formula is C17H29N3O. The topological polar surface area (TPSA) is 46.9 Å². The molecule has 1 fully saturated rings. The highest BCUT2D eigenvalue weighted by Gasteiger charge is 2.34. The Bertz CT molecular complexity index is 473. The Morgan fingerprint density at radius 1 is 1.38 bits per heavy atom. The summed E-state index contributed by atoms with van der Waals surface area (Å²) in [4.78, 5) is 12.2. The standard InChI is InChI=1S/C17H29N3O/c1-17(2,3)14-7-5-6-8-15(14)19-16(21)10-9-13-11-12-18-20(13)4/h11-12,14-15H,5-10H2,1-4H3,(H,19,21)/t14-,15+/m1/s1. The maximum atomic E-state index is 12.2. The van der Waals surface area contributed by atoms with Crippen LogP contribution in [0.5, 0.6) is 0 Å². The van der Waals surface area contributed by atoms with E-state index in [4.69, 9.17) is 0 Å². The van der Waals surface area contributed by atoms with Gasteiger partial charge in [-0.2, -0.15) is 5.10 Å². The van der Waals surface area contributed by atoms with Crippen molar-refractivity contribution in [1.29, 1.82) is 0 Å². The Morgan fingerprint density at radius 2 is 2.10 bits per heavy atom. The fourth-order valence-electron chi connectivity index (χ4n) is 3.51. The molecule has 4 nitrogen and oxygen atoms in total. The van der Waals surface area contributed by atoms with Gasteiger partial charge in [0.05, 0.1) is 0 Å². The Balaban J connectivity index is 1.87. The SMILES string of the molecule is Cn1nccc1CCC(=O)N[C@H]1CCCC[C@H]1C(C)(C)C. The summed E-state index contributed by atoms with van der Waals surface area (Å²) in [5.41, 5.74) is 1.38. The van der Waals surface area contributed by atoms with Crippen molar-refractivity contribution in [3.05, 3.63) is 18.0 Å². The van der Waals surface area contributed by atoms with E-state index >= 15 is 0 Å². The van der Waals surface area contributed by atoms with Crippen molar-refractivity contribution in [2.24, 2.45) is 18.4 Å². The van der Waals surface area contributed by atoms with E-state index in [1.165, 1.54) is 19.3 Å². The molecule has 1 aromatic rings. The number of nitrogens with one attached hydrogen (secondary N) is 1. The maximum Gasteiger partial charge on any atom is 0.220 e. The van der Waals surface area contributed by atoms with Crippen LogP contribution < -0.4 is 5.32 Å². The summed E-state index contributed by atoms with van der Waals surface area (Å²) in [6.07, 6.45) is 7.98. The van der Waals surface area contributed by atoms with Crippen LogP contribution in [0.1, 0.15) is 58.6 Å². The predicted octanol–water partition coefficient (Wildman–Crippen LogP) is 3.07. The summed E-state index contributed by atoms with van der Waals surface area (Å²) in [7, 11) is 1.92. The Morgan fingerprint density at radius 3 is 2.71 bits per heavy atom. The third kappa shape index (κ3) is 4.32. The van der Waals surface area contributed by atoms with Crippen LogP contribution in [0, 0.1) is 11.3 Å². The van der Waals surface area contributed by atoms with E-state index in [9.17, 15) is 4.79 Å². The van der Waals surface area contributed by atoms with Crippen LogP contribution in [0.15, 0.2) is 12.3 Å². The third-order valence-corrected chi connectivity index (χ3v) is 4.76. The first-order valence-corrected chi connectivity index (χ1v) is 8.14. The van der Waals surface area contributed by atoms with E-state index in [0.29, 0.717) is 18.4 Å². The van der Waals surface area contributed by atoms with Gasteiger partial charge in [0.25, 0.3) is 0 Å². The van der Waals surface area contributed by atoms with Crippen LogP contribution in [0.3, 0.4) is 0 Å². The molecular weight excluding hydrogens is 262 g/mol. The molecule has 1 aromatic heterocycles. The summed E-state index contributed by atoms with van der Waals surface area (Å²) in [5, 5.41) is 7.43. The Labute approximate surface area is 128 Å². The smallest absolute Gasteiger partial charge is 0.220 e. The predicted molar refractivity (Wildman–Crippen MR) is 84.9 cm³/mol. The van der Waals surface area contributed by atoms with Gasteiger partial charge in [0, 0.05) is 31.4 Å². The first-order chi connectivity index (χ1) is 9.88. The summed E-state index contributed by atoms with van der Waals surface area (Å²) >= 11 is 0. The number of hydrogen-bond donors (Lipinski definition) is 1. The molecule has 0 bridgehead atoms. The zero-order chi connectivity index (χ0) is 15.5. The largest absolute Gasteiger partial charge is 0.353 e. The molecule has 1 heterocycles. The first-order valence-electron chi connectivity index (χ1n) is 8.14. The number of carbonyl (C=O) groups excluding carboxylic acids is 1. The molecule has 1 saturated carbocycles. The summed E-state index contributed by atoms with van der Waals surface area (Å²) in [6, 6.07) is 2.32. The second kappa shape index (κ2) is 6.63. The number of amides is 1. The number of aromatic nitrogens is 2. The van der Waals surface area contributed by atoms with Crippen molar-refractivity contribution in [3.8, 4) is 0 Å². The van der Waals surface area contributed by atoms with Gasteiger partial charge in [-0.05, 0) is 36.7 Å². The van der Waals surface area contributed by atoms with E-state index in [1.807, 2.05) is 17.8 Å². The number of carbonyl (C=O) groups is 1. The average Bonchev–Trinajstić information content (AvgIpc) is 2.81. The molecule has 21 heavy (non-hydrogen) atoms. The van der Waals surface area contributed by atoms with E-state index in [2.05, 4.69) is 31.2 Å². The van der Waals surface area contributed by atoms with Crippen LogP contribution in [0.4, 0.5) is 0 Å². The third-order valence-electron chi connectivity index (χ3n) is 4.76. The first kappa shape index (κ1) is 16.1. The van der Waals surface area contributed by atoms with Crippen LogP contribution in [0.2, 0.25) is 0 Å². The number of nitrogens with zero attached hydrogens (tertiary/aromatic N) is 2. The molecule has 0 radical (unpaired) electrons. The fraction of sp³-hybridized carbons (Fsp3) is 0.765. The molecule has 1 amide bonds. The molecule has 1 aliphatic rings. The Kier molecular flexibility index (Phi) is 5.07. The minimum atomic E-state index is 0.178. The zero-order valence-electron chi connectivity index (χ0n) is 13.9. The quantitative estimate of drug-likeness (QED) is 0.926. The highest BCUT2D eigenvalue weighted by atomic mass is 16.1. The van der Waals surface area contributed by atoms with Gasteiger partial charge >= 0.3 is 0 Å².